The van der Waals surface area contributed by atoms with Crippen molar-refractivity contribution >= 4 is 0 Å². The summed E-state index contributed by atoms with van der Waals surface area (Å²) in [5.41, 5.74) is 0.431. The molecule has 2 rings (SSSR count). The molecule has 0 spiro atoms. The maximum Gasteiger partial charge on any atom is 0.123 e. The molecule has 1 aliphatic heterocycles. The molecule has 1 heterocycles. The summed E-state index contributed by atoms with van der Waals surface area (Å²) in [6.07, 6.45) is 3.51. The van der Waals surface area contributed by atoms with Crippen LogP contribution in [0.1, 0.15) is 51.2 Å². The molecular formula is C16H24FNO. The second-order valence-corrected chi connectivity index (χ2v) is 5.46. The van der Waals surface area contributed by atoms with Gasteiger partial charge < -0.3 is 5.11 Å². The second-order valence-electron chi connectivity index (χ2n) is 5.46. The van der Waals surface area contributed by atoms with E-state index in [-0.39, 0.29) is 11.4 Å². The van der Waals surface area contributed by atoms with Gasteiger partial charge in [-0.2, -0.15) is 0 Å². The first kappa shape index (κ1) is 14.5. The number of nitrogens with zero attached hydrogens (tertiary/aromatic N) is 1. The lowest BCUT2D eigenvalue weighted by molar-refractivity contribution is -0.0296. The Kier molecular flexibility index (Phi) is 4.58. The monoisotopic (exact) mass is 265 g/mol. The van der Waals surface area contributed by atoms with Gasteiger partial charge in [0.1, 0.15) is 5.82 Å². The van der Waals surface area contributed by atoms with Gasteiger partial charge in [-0.05, 0) is 56.5 Å². The molecule has 1 N–H and O–H groups in total. The first-order valence-electron chi connectivity index (χ1n) is 7.32. The van der Waals surface area contributed by atoms with Crippen molar-refractivity contribution in [3.63, 3.8) is 0 Å². The summed E-state index contributed by atoms with van der Waals surface area (Å²) in [6, 6.07) is 6.38. The van der Waals surface area contributed by atoms with Crippen molar-refractivity contribution in [2.75, 3.05) is 13.1 Å². The van der Waals surface area contributed by atoms with Crippen LogP contribution in [0.4, 0.5) is 4.39 Å². The van der Waals surface area contributed by atoms with E-state index in [4.69, 9.17) is 0 Å². The van der Waals surface area contributed by atoms with E-state index in [0.29, 0.717) is 5.56 Å². The minimum absolute atomic E-state index is 0.260. The van der Waals surface area contributed by atoms with Gasteiger partial charge in [0.05, 0.1) is 11.6 Å². The van der Waals surface area contributed by atoms with Crippen molar-refractivity contribution in [2.45, 2.75) is 51.2 Å². The highest BCUT2D eigenvalue weighted by molar-refractivity contribution is 5.22. The number of benzene rings is 1. The van der Waals surface area contributed by atoms with E-state index < -0.39 is 6.10 Å². The fourth-order valence-corrected chi connectivity index (χ4v) is 3.41. The van der Waals surface area contributed by atoms with Crippen LogP contribution in [0.5, 0.6) is 0 Å². The van der Waals surface area contributed by atoms with Gasteiger partial charge in [0.2, 0.25) is 0 Å². The molecule has 0 aliphatic carbocycles. The van der Waals surface area contributed by atoms with E-state index in [1.54, 1.807) is 6.07 Å². The van der Waals surface area contributed by atoms with Crippen molar-refractivity contribution in [2.24, 2.45) is 0 Å². The molecule has 1 fully saturated rings. The van der Waals surface area contributed by atoms with Crippen LogP contribution in [0.15, 0.2) is 24.3 Å². The molecule has 0 saturated carbocycles. The van der Waals surface area contributed by atoms with E-state index in [1.807, 2.05) is 6.07 Å². The molecule has 1 unspecified atom stereocenters. The predicted octanol–water partition coefficient (Wildman–Crippen LogP) is 3.51. The maximum atomic E-state index is 13.4. The standard InChI is InChI=1S/C16H24FNO/c1-3-16(4-2,18-10-5-6-11-18)15(19)13-8-7-9-14(17)12-13/h7-9,12,15,19H,3-6,10-11H2,1-2H3. The molecule has 0 aromatic heterocycles. The Morgan fingerprint density at radius 2 is 1.89 bits per heavy atom. The smallest absolute Gasteiger partial charge is 0.123 e. The Hall–Kier alpha value is -0.930. The summed E-state index contributed by atoms with van der Waals surface area (Å²) in [5, 5.41) is 10.8. The van der Waals surface area contributed by atoms with E-state index in [1.165, 1.54) is 25.0 Å². The first-order valence-corrected chi connectivity index (χ1v) is 7.32. The van der Waals surface area contributed by atoms with Crippen LogP contribution in [-0.2, 0) is 0 Å². The van der Waals surface area contributed by atoms with Crippen molar-refractivity contribution < 1.29 is 9.50 Å². The normalized spacial score (nSPS) is 18.7. The number of hydrogen-bond acceptors (Lipinski definition) is 2. The van der Waals surface area contributed by atoms with Crippen LogP contribution < -0.4 is 0 Å². The van der Waals surface area contributed by atoms with E-state index in [0.717, 1.165) is 25.9 Å². The first-order chi connectivity index (χ1) is 9.14. The van der Waals surface area contributed by atoms with Gasteiger partial charge in [-0.3, -0.25) is 4.90 Å². The van der Waals surface area contributed by atoms with Crippen LogP contribution in [0.25, 0.3) is 0 Å². The fourth-order valence-electron chi connectivity index (χ4n) is 3.41. The zero-order valence-electron chi connectivity index (χ0n) is 11.9. The van der Waals surface area contributed by atoms with Crippen LogP contribution in [-0.4, -0.2) is 28.6 Å². The van der Waals surface area contributed by atoms with Crippen LogP contribution in [0.3, 0.4) is 0 Å². The Bertz CT molecular complexity index is 411. The fraction of sp³-hybridized carbons (Fsp3) is 0.625. The lowest BCUT2D eigenvalue weighted by Gasteiger charge is -2.44. The molecule has 1 saturated heterocycles. The SMILES string of the molecule is CCC(CC)(C(O)c1cccc(F)c1)N1CCCC1. The second kappa shape index (κ2) is 6.02. The molecule has 106 valence electrons. The lowest BCUT2D eigenvalue weighted by Crippen LogP contribution is -2.51. The molecule has 0 radical (unpaired) electrons. The highest BCUT2D eigenvalue weighted by Crippen LogP contribution is 2.39. The van der Waals surface area contributed by atoms with E-state index in [9.17, 15) is 9.50 Å². The average Bonchev–Trinajstić information content (AvgIpc) is 2.95. The van der Waals surface area contributed by atoms with Gasteiger partial charge in [0.15, 0.2) is 0 Å². The van der Waals surface area contributed by atoms with Gasteiger partial charge in [0.25, 0.3) is 0 Å². The predicted molar refractivity (Wildman–Crippen MR) is 75.5 cm³/mol. The lowest BCUT2D eigenvalue weighted by atomic mass is 9.81. The topological polar surface area (TPSA) is 23.5 Å². The van der Waals surface area contributed by atoms with Crippen molar-refractivity contribution in [3.8, 4) is 0 Å². The Balaban J connectivity index is 2.32. The molecule has 0 bridgehead atoms. The van der Waals surface area contributed by atoms with E-state index in [2.05, 4.69) is 18.7 Å². The number of hydrogen-bond donors (Lipinski definition) is 1. The zero-order chi connectivity index (χ0) is 13.9. The van der Waals surface area contributed by atoms with Gasteiger partial charge in [-0.1, -0.05) is 26.0 Å². The van der Waals surface area contributed by atoms with Crippen molar-refractivity contribution in [1.82, 2.24) is 4.90 Å². The van der Waals surface area contributed by atoms with Crippen LogP contribution in [0.2, 0.25) is 0 Å². The number of aliphatic hydroxyl groups is 1. The summed E-state index contributed by atoms with van der Waals surface area (Å²) in [5.74, 6) is -0.279. The molecule has 1 aromatic carbocycles. The maximum absolute atomic E-state index is 13.4. The third kappa shape index (κ3) is 2.67. The van der Waals surface area contributed by atoms with Crippen molar-refractivity contribution in [3.05, 3.63) is 35.6 Å². The van der Waals surface area contributed by atoms with Gasteiger partial charge in [0, 0.05) is 0 Å². The Morgan fingerprint density at radius 3 is 2.42 bits per heavy atom. The minimum Gasteiger partial charge on any atom is -0.386 e. The highest BCUT2D eigenvalue weighted by atomic mass is 19.1. The third-order valence-electron chi connectivity index (χ3n) is 4.63. The Morgan fingerprint density at radius 1 is 1.26 bits per heavy atom. The summed E-state index contributed by atoms with van der Waals surface area (Å²) in [4.78, 5) is 2.39. The summed E-state index contributed by atoms with van der Waals surface area (Å²) in [6.45, 7) is 6.30. The number of aliphatic hydroxyl groups excluding tert-OH is 1. The van der Waals surface area contributed by atoms with Gasteiger partial charge >= 0.3 is 0 Å². The van der Waals surface area contributed by atoms with Crippen LogP contribution in [0, 0.1) is 5.82 Å². The third-order valence-corrected chi connectivity index (χ3v) is 4.63. The minimum atomic E-state index is -0.628. The zero-order valence-corrected chi connectivity index (χ0v) is 11.9. The van der Waals surface area contributed by atoms with Gasteiger partial charge in [-0.25, -0.2) is 4.39 Å². The molecule has 2 nitrogen and oxygen atoms in total. The number of halogens is 1. The largest absolute Gasteiger partial charge is 0.386 e. The molecule has 1 aromatic rings. The summed E-state index contributed by atoms with van der Waals surface area (Å²) < 4.78 is 13.4. The van der Waals surface area contributed by atoms with Crippen molar-refractivity contribution in [1.29, 1.82) is 0 Å². The molecule has 19 heavy (non-hydrogen) atoms. The summed E-state index contributed by atoms with van der Waals surface area (Å²) >= 11 is 0. The molecule has 1 aliphatic rings. The number of likely N-dealkylation sites (tertiary alicyclic amines) is 1. The molecular weight excluding hydrogens is 241 g/mol. The quantitative estimate of drug-likeness (QED) is 0.880. The van der Waals surface area contributed by atoms with Crippen LogP contribution >= 0.6 is 0 Å². The van der Waals surface area contributed by atoms with E-state index >= 15 is 0 Å². The highest BCUT2D eigenvalue weighted by Gasteiger charge is 2.42. The summed E-state index contributed by atoms with van der Waals surface area (Å²) in [7, 11) is 0. The molecule has 3 heteroatoms. The average molecular weight is 265 g/mol. The van der Waals surface area contributed by atoms with Gasteiger partial charge in [-0.15, -0.1) is 0 Å². The molecule has 1 atom stereocenters. The Labute approximate surface area is 115 Å². The number of rotatable bonds is 5. The molecule has 0 amide bonds.